The fraction of sp³-hybridized carbons (Fsp3) is 0.533. The van der Waals surface area contributed by atoms with Crippen LogP contribution in [0.4, 0.5) is 0 Å². The van der Waals surface area contributed by atoms with Crippen LogP contribution in [0.3, 0.4) is 0 Å². The zero-order chi connectivity index (χ0) is 14.6. The molecule has 20 heavy (non-hydrogen) atoms. The van der Waals surface area contributed by atoms with Gasteiger partial charge in [-0.05, 0) is 25.1 Å². The predicted molar refractivity (Wildman–Crippen MR) is 75.4 cm³/mol. The van der Waals surface area contributed by atoms with E-state index in [0.717, 1.165) is 0 Å². The van der Waals surface area contributed by atoms with Crippen LogP contribution in [0.25, 0.3) is 0 Å². The van der Waals surface area contributed by atoms with Gasteiger partial charge in [0.1, 0.15) is 0 Å². The van der Waals surface area contributed by atoms with Crippen LogP contribution < -0.4 is 14.8 Å². The summed E-state index contributed by atoms with van der Waals surface area (Å²) in [7, 11) is 1.58. The first-order valence-electron chi connectivity index (χ1n) is 6.75. The molecule has 1 aromatic carbocycles. The maximum atomic E-state index is 12.1. The van der Waals surface area contributed by atoms with Gasteiger partial charge in [0.15, 0.2) is 11.5 Å². The van der Waals surface area contributed by atoms with Gasteiger partial charge in [0.05, 0.1) is 26.9 Å². The number of nitrogens with one attached hydrogen (secondary N) is 1. The van der Waals surface area contributed by atoms with Crippen LogP contribution in [0.5, 0.6) is 11.5 Å². The van der Waals surface area contributed by atoms with E-state index in [4.69, 9.17) is 14.2 Å². The molecular formula is C15H21NO4. The van der Waals surface area contributed by atoms with Crippen molar-refractivity contribution in [1.29, 1.82) is 0 Å². The van der Waals surface area contributed by atoms with E-state index in [1.807, 2.05) is 6.92 Å². The fourth-order valence-corrected chi connectivity index (χ4v) is 2.03. The van der Waals surface area contributed by atoms with E-state index in [0.29, 0.717) is 43.4 Å². The Morgan fingerprint density at radius 3 is 2.70 bits per heavy atom. The number of methoxy groups -OCH3 is 1. The quantitative estimate of drug-likeness (QED) is 0.863. The molecule has 0 atom stereocenters. The standard InChI is InChI=1S/C15H21NO4/c1-4-20-13-7-11(5-6-12(13)18-3)14(17)16-8-15(2)9-19-10-15/h5-7H,4,8-10H2,1-3H3,(H,16,17). The molecule has 0 spiro atoms. The van der Waals surface area contributed by atoms with Crippen LogP contribution >= 0.6 is 0 Å². The lowest BCUT2D eigenvalue weighted by atomic mass is 9.88. The molecule has 0 bridgehead atoms. The fourth-order valence-electron chi connectivity index (χ4n) is 2.03. The molecule has 0 unspecified atom stereocenters. The van der Waals surface area contributed by atoms with Gasteiger partial charge in [-0.25, -0.2) is 0 Å². The Balaban J connectivity index is 2.03. The zero-order valence-electron chi connectivity index (χ0n) is 12.2. The van der Waals surface area contributed by atoms with E-state index < -0.39 is 0 Å². The molecule has 1 saturated heterocycles. The molecule has 1 aliphatic rings. The third-order valence-electron chi connectivity index (χ3n) is 3.30. The predicted octanol–water partition coefficient (Wildman–Crippen LogP) is 1.86. The molecule has 110 valence electrons. The lowest BCUT2D eigenvalue weighted by Crippen LogP contribution is -2.48. The highest BCUT2D eigenvalue weighted by atomic mass is 16.5. The molecule has 1 aliphatic heterocycles. The van der Waals surface area contributed by atoms with Crippen LogP contribution in [0.15, 0.2) is 18.2 Å². The number of rotatable bonds is 6. The summed E-state index contributed by atoms with van der Waals surface area (Å²) in [6.07, 6.45) is 0. The largest absolute Gasteiger partial charge is 0.493 e. The van der Waals surface area contributed by atoms with Gasteiger partial charge in [-0.1, -0.05) is 6.92 Å². The molecule has 0 aromatic heterocycles. The van der Waals surface area contributed by atoms with Crippen molar-refractivity contribution in [2.45, 2.75) is 13.8 Å². The summed E-state index contributed by atoms with van der Waals surface area (Å²) in [5.41, 5.74) is 0.628. The zero-order valence-corrected chi connectivity index (χ0v) is 12.2. The molecule has 5 heteroatoms. The SMILES string of the molecule is CCOc1cc(C(=O)NCC2(C)COC2)ccc1OC. The second-order valence-electron chi connectivity index (χ2n) is 5.28. The first kappa shape index (κ1) is 14.7. The normalized spacial score (nSPS) is 16.1. The second kappa shape index (κ2) is 6.13. The minimum absolute atomic E-state index is 0.0604. The van der Waals surface area contributed by atoms with Crippen molar-refractivity contribution in [1.82, 2.24) is 5.32 Å². The lowest BCUT2D eigenvalue weighted by molar-refractivity contribution is -0.0978. The van der Waals surface area contributed by atoms with Crippen LogP contribution in [0.1, 0.15) is 24.2 Å². The first-order valence-corrected chi connectivity index (χ1v) is 6.75. The highest BCUT2D eigenvalue weighted by molar-refractivity contribution is 5.94. The second-order valence-corrected chi connectivity index (χ2v) is 5.28. The van der Waals surface area contributed by atoms with Gasteiger partial charge < -0.3 is 19.5 Å². The Hall–Kier alpha value is -1.75. The molecule has 2 rings (SSSR count). The topological polar surface area (TPSA) is 56.8 Å². The Bertz CT molecular complexity index is 483. The Morgan fingerprint density at radius 2 is 2.15 bits per heavy atom. The average Bonchev–Trinajstić information content (AvgIpc) is 2.43. The van der Waals surface area contributed by atoms with E-state index in [-0.39, 0.29) is 11.3 Å². The van der Waals surface area contributed by atoms with Gasteiger partial charge in [0.25, 0.3) is 5.91 Å². The summed E-state index contributed by atoms with van der Waals surface area (Å²) in [5.74, 6) is 1.10. The van der Waals surface area contributed by atoms with Gasteiger partial charge in [0.2, 0.25) is 0 Å². The van der Waals surface area contributed by atoms with E-state index in [1.165, 1.54) is 0 Å². The molecule has 1 amide bonds. The summed E-state index contributed by atoms with van der Waals surface area (Å²) in [6, 6.07) is 5.18. The number of hydrogen-bond donors (Lipinski definition) is 1. The van der Waals surface area contributed by atoms with Crippen molar-refractivity contribution >= 4 is 5.91 Å². The van der Waals surface area contributed by atoms with Crippen molar-refractivity contribution < 1.29 is 19.0 Å². The minimum Gasteiger partial charge on any atom is -0.493 e. The van der Waals surface area contributed by atoms with E-state index in [9.17, 15) is 4.79 Å². The molecule has 0 saturated carbocycles. The van der Waals surface area contributed by atoms with E-state index >= 15 is 0 Å². The summed E-state index contributed by atoms with van der Waals surface area (Å²) in [4.78, 5) is 12.1. The number of benzene rings is 1. The highest BCUT2D eigenvalue weighted by Crippen LogP contribution is 2.28. The Kier molecular flexibility index (Phi) is 4.49. The van der Waals surface area contributed by atoms with Crippen molar-refractivity contribution in [3.05, 3.63) is 23.8 Å². The maximum Gasteiger partial charge on any atom is 0.251 e. The number of ether oxygens (including phenoxy) is 3. The summed E-state index contributed by atoms with van der Waals surface area (Å²) >= 11 is 0. The Labute approximate surface area is 119 Å². The monoisotopic (exact) mass is 279 g/mol. The van der Waals surface area contributed by atoms with Crippen molar-refractivity contribution in [3.8, 4) is 11.5 Å². The van der Waals surface area contributed by atoms with E-state index in [2.05, 4.69) is 12.2 Å². The van der Waals surface area contributed by atoms with Crippen molar-refractivity contribution in [3.63, 3.8) is 0 Å². The molecule has 1 N–H and O–H groups in total. The van der Waals surface area contributed by atoms with Gasteiger partial charge in [0, 0.05) is 17.5 Å². The van der Waals surface area contributed by atoms with Crippen LogP contribution in [0, 0.1) is 5.41 Å². The number of carbonyl (C=O) groups is 1. The summed E-state index contributed by atoms with van der Waals surface area (Å²) < 4.78 is 15.8. The third-order valence-corrected chi connectivity index (χ3v) is 3.30. The number of amides is 1. The molecule has 0 radical (unpaired) electrons. The van der Waals surface area contributed by atoms with Gasteiger partial charge >= 0.3 is 0 Å². The minimum atomic E-state index is -0.110. The maximum absolute atomic E-state index is 12.1. The lowest BCUT2D eigenvalue weighted by Gasteiger charge is -2.38. The molecule has 5 nitrogen and oxygen atoms in total. The molecule has 1 aromatic rings. The molecule has 0 aliphatic carbocycles. The Morgan fingerprint density at radius 1 is 1.40 bits per heavy atom. The molecular weight excluding hydrogens is 258 g/mol. The van der Waals surface area contributed by atoms with Crippen LogP contribution in [-0.4, -0.2) is 39.4 Å². The van der Waals surface area contributed by atoms with Crippen molar-refractivity contribution in [2.24, 2.45) is 5.41 Å². The number of hydrogen-bond acceptors (Lipinski definition) is 4. The van der Waals surface area contributed by atoms with Crippen LogP contribution in [0.2, 0.25) is 0 Å². The summed E-state index contributed by atoms with van der Waals surface area (Å²) in [6.45, 7) is 6.51. The first-order chi connectivity index (χ1) is 9.58. The van der Waals surface area contributed by atoms with Gasteiger partial charge in [-0.2, -0.15) is 0 Å². The smallest absolute Gasteiger partial charge is 0.251 e. The summed E-state index contributed by atoms with van der Waals surface area (Å²) in [5, 5.41) is 2.93. The third kappa shape index (κ3) is 3.22. The van der Waals surface area contributed by atoms with Crippen molar-refractivity contribution in [2.75, 3.05) is 33.5 Å². The van der Waals surface area contributed by atoms with Gasteiger partial charge in [-0.15, -0.1) is 0 Å². The highest BCUT2D eigenvalue weighted by Gasteiger charge is 2.33. The van der Waals surface area contributed by atoms with Crippen LogP contribution in [-0.2, 0) is 4.74 Å². The average molecular weight is 279 g/mol. The van der Waals surface area contributed by atoms with E-state index in [1.54, 1.807) is 25.3 Å². The number of carbonyl (C=O) groups excluding carboxylic acids is 1. The van der Waals surface area contributed by atoms with Gasteiger partial charge in [-0.3, -0.25) is 4.79 Å². The molecule has 1 fully saturated rings. The molecule has 1 heterocycles.